The predicted molar refractivity (Wildman–Crippen MR) is 122 cm³/mol. The largest absolute Gasteiger partial charge is 0.355 e. The zero-order valence-corrected chi connectivity index (χ0v) is 17.0. The minimum absolute atomic E-state index is 0.160. The topological polar surface area (TPSA) is 98.9 Å². The van der Waals surface area contributed by atoms with Gasteiger partial charge in [0.05, 0.1) is 5.69 Å². The van der Waals surface area contributed by atoms with E-state index >= 15 is 0 Å². The van der Waals surface area contributed by atoms with E-state index in [1.165, 1.54) is 0 Å². The normalized spacial score (nSPS) is 11.4. The Morgan fingerprint density at radius 1 is 0.933 bits per heavy atom. The maximum atomic E-state index is 12.3. The molecule has 2 heterocycles. The number of nitrogens with one attached hydrogen (secondary N) is 4. The molecule has 2 aromatic carbocycles. The second-order valence-electron chi connectivity index (χ2n) is 8.11. The number of rotatable bonds is 3. The molecule has 7 nitrogen and oxygen atoms in total. The van der Waals surface area contributed by atoms with E-state index < -0.39 is 0 Å². The molecule has 0 unspecified atom stereocenters. The molecule has 4 N–H and O–H groups in total. The zero-order chi connectivity index (χ0) is 21.3. The second kappa shape index (κ2) is 7.51. The smallest absolute Gasteiger partial charge is 0.319 e. The minimum Gasteiger partial charge on any atom is -0.355 e. The molecule has 0 aliphatic carbocycles. The summed E-state index contributed by atoms with van der Waals surface area (Å²) in [5.41, 5.74) is 2.43. The van der Waals surface area contributed by atoms with Crippen molar-refractivity contribution < 1.29 is 4.79 Å². The number of urea groups is 1. The van der Waals surface area contributed by atoms with Crippen LogP contribution in [0.1, 0.15) is 20.8 Å². The van der Waals surface area contributed by atoms with E-state index in [1.807, 2.05) is 69.3 Å². The number of anilines is 3. The summed E-state index contributed by atoms with van der Waals surface area (Å²) in [4.78, 5) is 31.5. The Labute approximate surface area is 173 Å². The molecule has 7 heteroatoms. The molecule has 4 rings (SSSR count). The highest BCUT2D eigenvalue weighted by molar-refractivity contribution is 6.10. The van der Waals surface area contributed by atoms with Crippen molar-refractivity contribution in [2.24, 2.45) is 0 Å². The van der Waals surface area contributed by atoms with Crippen molar-refractivity contribution >= 4 is 44.9 Å². The second-order valence-corrected chi connectivity index (χ2v) is 8.11. The number of aromatic nitrogens is 2. The molecule has 0 bridgehead atoms. The van der Waals surface area contributed by atoms with Gasteiger partial charge in [-0.1, -0.05) is 18.2 Å². The quantitative estimate of drug-likeness (QED) is 0.373. The van der Waals surface area contributed by atoms with Crippen LogP contribution < -0.4 is 21.5 Å². The Kier molecular flexibility index (Phi) is 4.87. The third-order valence-electron chi connectivity index (χ3n) is 4.53. The number of benzene rings is 2. The van der Waals surface area contributed by atoms with Crippen LogP contribution >= 0.6 is 0 Å². The van der Waals surface area contributed by atoms with Crippen molar-refractivity contribution in [2.75, 3.05) is 10.6 Å². The van der Waals surface area contributed by atoms with Gasteiger partial charge in [0, 0.05) is 39.3 Å². The fraction of sp³-hybridized carbons (Fsp3) is 0.174. The van der Waals surface area contributed by atoms with Crippen LogP contribution in [0.5, 0.6) is 0 Å². The Bertz CT molecular complexity index is 1290. The summed E-state index contributed by atoms with van der Waals surface area (Å²) in [7, 11) is 0. The van der Waals surface area contributed by atoms with E-state index in [1.54, 1.807) is 12.3 Å². The van der Waals surface area contributed by atoms with Crippen molar-refractivity contribution in [1.82, 2.24) is 15.3 Å². The van der Waals surface area contributed by atoms with Gasteiger partial charge in [-0.05, 0) is 57.2 Å². The summed E-state index contributed by atoms with van der Waals surface area (Å²) in [6.45, 7) is 5.78. The summed E-state index contributed by atoms with van der Waals surface area (Å²) in [6.07, 6.45) is 1.65. The molecular weight excluding hydrogens is 378 g/mol. The third kappa shape index (κ3) is 4.10. The number of pyridine rings is 2. The highest BCUT2D eigenvalue weighted by Crippen LogP contribution is 2.29. The summed E-state index contributed by atoms with van der Waals surface area (Å²) in [5.74, 6) is 0. The van der Waals surface area contributed by atoms with Crippen molar-refractivity contribution in [3.05, 3.63) is 71.1 Å². The van der Waals surface area contributed by atoms with E-state index in [-0.39, 0.29) is 17.1 Å². The lowest BCUT2D eigenvalue weighted by Crippen LogP contribution is -2.43. The molecule has 0 saturated heterocycles. The van der Waals surface area contributed by atoms with Crippen LogP contribution in [0.2, 0.25) is 0 Å². The van der Waals surface area contributed by atoms with Crippen LogP contribution in [-0.2, 0) is 0 Å². The maximum absolute atomic E-state index is 12.3. The van der Waals surface area contributed by atoms with Gasteiger partial charge < -0.3 is 20.9 Å². The van der Waals surface area contributed by atoms with Crippen LogP contribution in [0, 0.1) is 0 Å². The molecule has 0 fully saturated rings. The average Bonchev–Trinajstić information content (AvgIpc) is 2.68. The molecule has 0 aliphatic heterocycles. The van der Waals surface area contributed by atoms with Gasteiger partial charge in [0.15, 0.2) is 0 Å². The highest BCUT2D eigenvalue weighted by atomic mass is 16.2. The molecule has 30 heavy (non-hydrogen) atoms. The lowest BCUT2D eigenvalue weighted by atomic mass is 10.1. The molecule has 2 amide bonds. The monoisotopic (exact) mass is 401 g/mol. The number of amides is 2. The molecule has 0 radical (unpaired) electrons. The zero-order valence-electron chi connectivity index (χ0n) is 17.0. The minimum atomic E-state index is -0.308. The third-order valence-corrected chi connectivity index (χ3v) is 4.53. The molecule has 152 valence electrons. The Morgan fingerprint density at radius 3 is 2.30 bits per heavy atom. The van der Waals surface area contributed by atoms with Gasteiger partial charge in [0.1, 0.15) is 5.65 Å². The first kappa shape index (κ1) is 19.4. The maximum Gasteiger partial charge on any atom is 0.319 e. The van der Waals surface area contributed by atoms with E-state index in [4.69, 9.17) is 0 Å². The number of hydrogen-bond donors (Lipinski definition) is 4. The lowest BCUT2D eigenvalue weighted by molar-refractivity contribution is 0.244. The Morgan fingerprint density at radius 2 is 1.60 bits per heavy atom. The fourth-order valence-corrected chi connectivity index (χ4v) is 3.30. The molecule has 2 aromatic heterocycles. The van der Waals surface area contributed by atoms with Gasteiger partial charge in [-0.25, -0.2) is 9.78 Å². The average molecular weight is 401 g/mol. The van der Waals surface area contributed by atoms with Gasteiger partial charge in [-0.15, -0.1) is 0 Å². The van der Waals surface area contributed by atoms with Gasteiger partial charge in [0.2, 0.25) is 0 Å². The van der Waals surface area contributed by atoms with E-state index in [2.05, 4.69) is 25.9 Å². The van der Waals surface area contributed by atoms with Crippen LogP contribution in [0.15, 0.2) is 65.6 Å². The number of carbonyl (C=O) groups excluding carboxylic acids is 1. The van der Waals surface area contributed by atoms with Crippen molar-refractivity contribution in [3.8, 4) is 0 Å². The number of H-pyrrole nitrogens is 1. The first-order valence-electron chi connectivity index (χ1n) is 9.66. The molecule has 4 aromatic rings. The summed E-state index contributed by atoms with van der Waals surface area (Å²) in [5, 5.41) is 11.4. The Balaban J connectivity index is 1.63. The number of hydrogen-bond acceptors (Lipinski definition) is 4. The van der Waals surface area contributed by atoms with Gasteiger partial charge in [-0.2, -0.15) is 0 Å². The molecule has 0 spiro atoms. The van der Waals surface area contributed by atoms with Crippen molar-refractivity contribution in [2.45, 2.75) is 26.3 Å². The van der Waals surface area contributed by atoms with Crippen molar-refractivity contribution in [1.29, 1.82) is 0 Å². The first-order valence-corrected chi connectivity index (χ1v) is 9.66. The first-order chi connectivity index (χ1) is 14.3. The summed E-state index contributed by atoms with van der Waals surface area (Å²) >= 11 is 0. The van der Waals surface area contributed by atoms with Crippen LogP contribution in [0.4, 0.5) is 21.9 Å². The molecular formula is C23H23N5O2. The van der Waals surface area contributed by atoms with Crippen LogP contribution in [0.3, 0.4) is 0 Å². The van der Waals surface area contributed by atoms with Gasteiger partial charge in [-0.3, -0.25) is 4.79 Å². The van der Waals surface area contributed by atoms with Crippen molar-refractivity contribution in [3.63, 3.8) is 0 Å². The van der Waals surface area contributed by atoms with Crippen LogP contribution in [0.25, 0.3) is 21.8 Å². The van der Waals surface area contributed by atoms with E-state index in [0.29, 0.717) is 16.7 Å². The number of nitrogens with zero attached hydrogens (tertiary/aromatic N) is 1. The standard InChI is InChI=1S/C23H23N5O2/c1-23(2,3)28-22(30)26-15-10-8-14(9-11-15)25-18-12-13-24-20-19(18)16-6-4-5-7-17(16)21(29)27-20/h4-13H,1-3H3,(H2,26,28,30)(H2,24,25,27,29). The number of carbonyl (C=O) groups is 1. The Hall–Kier alpha value is -3.87. The fourth-order valence-electron chi connectivity index (χ4n) is 3.30. The summed E-state index contributed by atoms with van der Waals surface area (Å²) in [6, 6.07) is 16.5. The number of aromatic amines is 1. The van der Waals surface area contributed by atoms with E-state index in [9.17, 15) is 9.59 Å². The molecule has 0 saturated carbocycles. The van der Waals surface area contributed by atoms with Gasteiger partial charge >= 0.3 is 6.03 Å². The number of fused-ring (bicyclic) bond motifs is 3. The predicted octanol–water partition coefficient (Wildman–Crippen LogP) is 4.74. The lowest BCUT2D eigenvalue weighted by Gasteiger charge is -2.20. The van der Waals surface area contributed by atoms with E-state index in [0.717, 1.165) is 22.1 Å². The summed E-state index contributed by atoms with van der Waals surface area (Å²) < 4.78 is 0. The van der Waals surface area contributed by atoms with Gasteiger partial charge in [0.25, 0.3) is 5.56 Å². The van der Waals surface area contributed by atoms with Crippen LogP contribution in [-0.4, -0.2) is 21.5 Å². The SMILES string of the molecule is CC(C)(C)NC(=O)Nc1ccc(Nc2ccnc3[nH]c(=O)c4ccccc4c23)cc1. The highest BCUT2D eigenvalue weighted by Gasteiger charge is 2.14. The molecule has 0 atom stereocenters. The molecule has 0 aliphatic rings.